The van der Waals surface area contributed by atoms with E-state index in [0.29, 0.717) is 11.4 Å². The summed E-state index contributed by atoms with van der Waals surface area (Å²) in [6, 6.07) is 10.9. The van der Waals surface area contributed by atoms with Crippen molar-refractivity contribution in [2.24, 2.45) is 0 Å². The Morgan fingerprint density at radius 3 is 2.55 bits per heavy atom. The molecule has 1 unspecified atom stereocenters. The van der Waals surface area contributed by atoms with Gasteiger partial charge in [0.25, 0.3) is 11.6 Å². The van der Waals surface area contributed by atoms with Gasteiger partial charge in [-0.3, -0.25) is 14.9 Å². The second-order valence-corrected chi connectivity index (χ2v) is 4.51. The molecule has 0 aliphatic heterocycles. The minimum atomic E-state index is -0.843. The van der Waals surface area contributed by atoms with Crippen LogP contribution in [0.2, 0.25) is 0 Å². The number of amides is 1. The van der Waals surface area contributed by atoms with Gasteiger partial charge in [0.15, 0.2) is 6.10 Å². The van der Waals surface area contributed by atoms with Crippen molar-refractivity contribution >= 4 is 17.3 Å². The molecule has 0 spiro atoms. The molecule has 0 fully saturated rings. The highest BCUT2D eigenvalue weighted by molar-refractivity contribution is 5.94. The van der Waals surface area contributed by atoms with Gasteiger partial charge in [0.1, 0.15) is 11.6 Å². The lowest BCUT2D eigenvalue weighted by Gasteiger charge is -2.14. The zero-order valence-corrected chi connectivity index (χ0v) is 11.7. The van der Waals surface area contributed by atoms with Gasteiger partial charge in [-0.25, -0.2) is 4.39 Å². The highest BCUT2D eigenvalue weighted by Crippen LogP contribution is 2.19. The average molecular weight is 304 g/mol. The highest BCUT2D eigenvalue weighted by atomic mass is 19.1. The van der Waals surface area contributed by atoms with Crippen LogP contribution in [0.3, 0.4) is 0 Å². The van der Waals surface area contributed by atoms with E-state index >= 15 is 0 Å². The van der Waals surface area contributed by atoms with Crippen molar-refractivity contribution in [1.29, 1.82) is 0 Å². The first-order valence-electron chi connectivity index (χ1n) is 6.43. The maximum atomic E-state index is 13.0. The summed E-state index contributed by atoms with van der Waals surface area (Å²) in [5, 5.41) is 13.1. The summed E-state index contributed by atoms with van der Waals surface area (Å²) in [6.45, 7) is 1.52. The Balaban J connectivity index is 1.97. The second-order valence-electron chi connectivity index (χ2n) is 4.51. The lowest BCUT2D eigenvalue weighted by Crippen LogP contribution is -2.30. The van der Waals surface area contributed by atoms with E-state index in [1.165, 1.54) is 49.4 Å². The van der Waals surface area contributed by atoms with Crippen LogP contribution in [-0.4, -0.2) is 16.9 Å². The van der Waals surface area contributed by atoms with Crippen molar-refractivity contribution in [3.05, 3.63) is 64.5 Å². The first kappa shape index (κ1) is 15.4. The van der Waals surface area contributed by atoms with Crippen molar-refractivity contribution < 1.29 is 18.8 Å². The second kappa shape index (κ2) is 6.66. The third-order valence-electron chi connectivity index (χ3n) is 2.82. The molecule has 0 aliphatic rings. The SMILES string of the molecule is CC(Oc1ccc([N+](=O)[O-])cc1)C(=O)Nc1cccc(F)c1. The standard InChI is InChI=1S/C15H13FN2O4/c1-10(15(19)17-12-4-2-3-11(16)9-12)22-14-7-5-13(6-8-14)18(20)21/h2-10H,1H3,(H,17,19). The van der Waals surface area contributed by atoms with Crippen LogP contribution in [-0.2, 0) is 4.79 Å². The third-order valence-corrected chi connectivity index (χ3v) is 2.82. The Labute approximate surface area is 125 Å². The molecule has 0 heterocycles. The lowest BCUT2D eigenvalue weighted by molar-refractivity contribution is -0.384. The largest absolute Gasteiger partial charge is 0.481 e. The fourth-order valence-electron chi connectivity index (χ4n) is 1.71. The summed E-state index contributed by atoms with van der Waals surface area (Å²) in [4.78, 5) is 22.0. The molecular formula is C15H13FN2O4. The maximum absolute atomic E-state index is 13.0. The number of nitro groups is 1. The quantitative estimate of drug-likeness (QED) is 0.679. The first-order chi connectivity index (χ1) is 10.5. The van der Waals surface area contributed by atoms with Crippen molar-refractivity contribution in [1.82, 2.24) is 0 Å². The number of hydrogen-bond acceptors (Lipinski definition) is 4. The molecule has 1 atom stereocenters. The molecule has 0 radical (unpaired) electrons. The molecule has 0 aromatic heterocycles. The van der Waals surface area contributed by atoms with E-state index in [2.05, 4.69) is 5.32 Å². The molecule has 0 aliphatic carbocycles. The minimum Gasteiger partial charge on any atom is -0.481 e. The van der Waals surface area contributed by atoms with Crippen LogP contribution in [0, 0.1) is 15.9 Å². The average Bonchev–Trinajstić information content (AvgIpc) is 2.47. The predicted octanol–water partition coefficient (Wildman–Crippen LogP) is 3.14. The first-order valence-corrected chi connectivity index (χ1v) is 6.43. The van der Waals surface area contributed by atoms with Crippen LogP contribution in [0.15, 0.2) is 48.5 Å². The fourth-order valence-corrected chi connectivity index (χ4v) is 1.71. The molecule has 6 nitrogen and oxygen atoms in total. The Morgan fingerprint density at radius 1 is 1.27 bits per heavy atom. The topological polar surface area (TPSA) is 81.5 Å². The van der Waals surface area contributed by atoms with Gasteiger partial charge >= 0.3 is 0 Å². The van der Waals surface area contributed by atoms with Crippen LogP contribution in [0.1, 0.15) is 6.92 Å². The lowest BCUT2D eigenvalue weighted by atomic mass is 10.2. The Bertz CT molecular complexity index is 688. The number of nitrogens with one attached hydrogen (secondary N) is 1. The fraction of sp³-hybridized carbons (Fsp3) is 0.133. The van der Waals surface area contributed by atoms with E-state index in [1.54, 1.807) is 6.07 Å². The summed E-state index contributed by atoms with van der Waals surface area (Å²) in [7, 11) is 0. The summed E-state index contributed by atoms with van der Waals surface area (Å²) in [6.07, 6.45) is -0.843. The zero-order chi connectivity index (χ0) is 16.1. The van der Waals surface area contributed by atoms with Crippen molar-refractivity contribution in [3.63, 3.8) is 0 Å². The number of rotatable bonds is 5. The molecule has 0 saturated heterocycles. The Morgan fingerprint density at radius 2 is 1.95 bits per heavy atom. The molecule has 114 valence electrons. The van der Waals surface area contributed by atoms with Gasteiger partial charge in [0.05, 0.1) is 4.92 Å². The number of carbonyl (C=O) groups is 1. The van der Waals surface area contributed by atoms with E-state index in [0.717, 1.165) is 0 Å². The van der Waals surface area contributed by atoms with Gasteiger partial charge < -0.3 is 10.1 Å². The van der Waals surface area contributed by atoms with E-state index in [1.807, 2.05) is 0 Å². The van der Waals surface area contributed by atoms with E-state index in [-0.39, 0.29) is 5.69 Å². The number of hydrogen-bond donors (Lipinski definition) is 1. The Kier molecular flexibility index (Phi) is 4.67. The number of non-ortho nitro benzene ring substituents is 1. The molecule has 0 bridgehead atoms. The van der Waals surface area contributed by atoms with Crippen molar-refractivity contribution in [2.75, 3.05) is 5.32 Å². The van der Waals surface area contributed by atoms with Crippen LogP contribution in [0.4, 0.5) is 15.8 Å². The number of carbonyl (C=O) groups excluding carboxylic acids is 1. The van der Waals surface area contributed by atoms with Gasteiger partial charge in [0, 0.05) is 17.8 Å². The van der Waals surface area contributed by atoms with E-state index < -0.39 is 22.8 Å². The molecule has 22 heavy (non-hydrogen) atoms. The zero-order valence-electron chi connectivity index (χ0n) is 11.7. The summed E-state index contributed by atoms with van der Waals surface area (Å²) in [5.41, 5.74) is 0.258. The minimum absolute atomic E-state index is 0.0655. The van der Waals surface area contributed by atoms with Gasteiger partial charge in [-0.05, 0) is 37.3 Å². The van der Waals surface area contributed by atoms with Gasteiger partial charge in [0.2, 0.25) is 0 Å². The molecule has 1 N–H and O–H groups in total. The molecule has 0 saturated carbocycles. The number of nitro benzene ring substituents is 1. The monoisotopic (exact) mass is 304 g/mol. The van der Waals surface area contributed by atoms with E-state index in [4.69, 9.17) is 4.74 Å². The number of anilines is 1. The molecule has 2 aromatic carbocycles. The van der Waals surface area contributed by atoms with Crippen molar-refractivity contribution in [3.8, 4) is 5.75 Å². The van der Waals surface area contributed by atoms with Crippen LogP contribution < -0.4 is 10.1 Å². The van der Waals surface area contributed by atoms with Crippen molar-refractivity contribution in [2.45, 2.75) is 13.0 Å². The number of benzene rings is 2. The number of ether oxygens (including phenoxy) is 1. The third kappa shape index (κ3) is 4.02. The van der Waals surface area contributed by atoms with Crippen LogP contribution in [0.25, 0.3) is 0 Å². The van der Waals surface area contributed by atoms with Crippen LogP contribution >= 0.6 is 0 Å². The molecule has 2 aromatic rings. The molecule has 7 heteroatoms. The maximum Gasteiger partial charge on any atom is 0.269 e. The van der Waals surface area contributed by atoms with Crippen LogP contribution in [0.5, 0.6) is 5.75 Å². The number of halogens is 1. The molecule has 1 amide bonds. The van der Waals surface area contributed by atoms with Gasteiger partial charge in [-0.2, -0.15) is 0 Å². The summed E-state index contributed by atoms with van der Waals surface area (Å²) >= 11 is 0. The normalized spacial score (nSPS) is 11.5. The molecule has 2 rings (SSSR count). The van der Waals surface area contributed by atoms with Gasteiger partial charge in [-0.1, -0.05) is 6.07 Å². The van der Waals surface area contributed by atoms with Gasteiger partial charge in [-0.15, -0.1) is 0 Å². The van der Waals surface area contributed by atoms with E-state index in [9.17, 15) is 19.3 Å². The Hall–Kier alpha value is -2.96. The predicted molar refractivity (Wildman–Crippen MR) is 78.2 cm³/mol. The molecular weight excluding hydrogens is 291 g/mol. The summed E-state index contributed by atoms with van der Waals surface area (Å²) < 4.78 is 18.4. The number of nitrogens with zero attached hydrogens (tertiary/aromatic N) is 1. The smallest absolute Gasteiger partial charge is 0.269 e. The highest BCUT2D eigenvalue weighted by Gasteiger charge is 2.15. The summed E-state index contributed by atoms with van der Waals surface area (Å²) in [5.74, 6) is -0.585.